The van der Waals surface area contributed by atoms with Gasteiger partial charge in [0.2, 0.25) is 0 Å². The van der Waals surface area contributed by atoms with Crippen molar-refractivity contribution in [1.29, 1.82) is 0 Å². The highest BCUT2D eigenvalue weighted by Crippen LogP contribution is 2.27. The van der Waals surface area contributed by atoms with Gasteiger partial charge in [-0.15, -0.1) is 0 Å². The molecule has 18 heavy (non-hydrogen) atoms. The lowest BCUT2D eigenvalue weighted by Gasteiger charge is -2.07. The van der Waals surface area contributed by atoms with E-state index in [0.717, 1.165) is 4.47 Å². The summed E-state index contributed by atoms with van der Waals surface area (Å²) in [6, 6.07) is 8.56. The van der Waals surface area contributed by atoms with Crippen LogP contribution in [0.5, 0.6) is 0 Å². The molecule has 1 aromatic heterocycles. The summed E-state index contributed by atoms with van der Waals surface area (Å²) in [4.78, 5) is 11.0. The van der Waals surface area contributed by atoms with E-state index in [1.54, 1.807) is 24.3 Å². The number of carbonyl (C=O) groups is 1. The van der Waals surface area contributed by atoms with Crippen molar-refractivity contribution in [3.63, 3.8) is 0 Å². The van der Waals surface area contributed by atoms with Crippen LogP contribution in [-0.2, 0) is 6.54 Å². The van der Waals surface area contributed by atoms with Crippen molar-refractivity contribution < 1.29 is 14.3 Å². The number of carboxylic acids is 1. The lowest BCUT2D eigenvalue weighted by molar-refractivity contribution is 0.0698. The van der Waals surface area contributed by atoms with Gasteiger partial charge in [0.05, 0.1) is 16.6 Å². The summed E-state index contributed by atoms with van der Waals surface area (Å²) in [6.07, 6.45) is 0. The summed E-state index contributed by atoms with van der Waals surface area (Å²) >= 11 is 6.56. The summed E-state index contributed by atoms with van der Waals surface area (Å²) in [5.74, 6) is -0.256. The highest BCUT2D eigenvalue weighted by Gasteiger charge is 2.10. The number of hydrogen-bond donors (Lipinski definition) is 2. The molecular weight excluding hydrogens is 366 g/mol. The number of benzene rings is 1. The van der Waals surface area contributed by atoms with Crippen LogP contribution in [0, 0.1) is 0 Å². The number of halogens is 2. The molecule has 2 rings (SSSR count). The Hall–Kier alpha value is -1.27. The summed E-state index contributed by atoms with van der Waals surface area (Å²) in [5.41, 5.74) is 0.802. The molecule has 0 radical (unpaired) electrons. The molecule has 6 heteroatoms. The minimum atomic E-state index is -0.958. The van der Waals surface area contributed by atoms with E-state index in [4.69, 9.17) is 9.52 Å². The maximum absolute atomic E-state index is 11.0. The molecule has 1 aromatic carbocycles. The van der Waals surface area contributed by atoms with Crippen LogP contribution in [0.4, 0.5) is 5.69 Å². The van der Waals surface area contributed by atoms with Gasteiger partial charge in [-0.2, -0.15) is 0 Å². The number of hydrogen-bond acceptors (Lipinski definition) is 3. The monoisotopic (exact) mass is 373 g/mol. The van der Waals surface area contributed by atoms with Crippen molar-refractivity contribution >= 4 is 43.5 Å². The number of aromatic carboxylic acids is 1. The summed E-state index contributed by atoms with van der Waals surface area (Å²) in [6.45, 7) is 0.411. The Balaban J connectivity index is 2.13. The molecule has 2 aromatic rings. The average Bonchev–Trinajstić information content (AvgIpc) is 2.66. The second-order valence-electron chi connectivity index (χ2n) is 3.54. The zero-order valence-corrected chi connectivity index (χ0v) is 12.3. The molecule has 0 amide bonds. The van der Waals surface area contributed by atoms with Crippen LogP contribution < -0.4 is 5.32 Å². The van der Waals surface area contributed by atoms with Gasteiger partial charge in [-0.05, 0) is 50.1 Å². The third kappa shape index (κ3) is 2.94. The second kappa shape index (κ2) is 5.58. The topological polar surface area (TPSA) is 62.5 Å². The van der Waals surface area contributed by atoms with E-state index >= 15 is 0 Å². The van der Waals surface area contributed by atoms with Gasteiger partial charge >= 0.3 is 5.97 Å². The molecule has 1 heterocycles. The van der Waals surface area contributed by atoms with Crippen molar-refractivity contribution in [1.82, 2.24) is 0 Å². The molecule has 0 saturated carbocycles. The summed E-state index contributed by atoms with van der Waals surface area (Å²) in [7, 11) is 0. The van der Waals surface area contributed by atoms with E-state index in [9.17, 15) is 4.79 Å². The molecule has 94 valence electrons. The Morgan fingerprint density at radius 1 is 1.33 bits per heavy atom. The molecule has 0 aliphatic rings. The lowest BCUT2D eigenvalue weighted by atomic mass is 10.2. The quantitative estimate of drug-likeness (QED) is 0.845. The van der Waals surface area contributed by atoms with Gasteiger partial charge in [-0.1, -0.05) is 12.1 Å². The molecule has 0 spiro atoms. The van der Waals surface area contributed by atoms with Crippen LogP contribution in [0.3, 0.4) is 0 Å². The highest BCUT2D eigenvalue weighted by molar-refractivity contribution is 9.13. The number of carboxylic acid groups (broad SMARTS) is 1. The Morgan fingerprint density at radius 3 is 2.67 bits per heavy atom. The zero-order chi connectivity index (χ0) is 13.1. The van der Waals surface area contributed by atoms with E-state index in [2.05, 4.69) is 37.2 Å². The van der Waals surface area contributed by atoms with Gasteiger partial charge in [0.1, 0.15) is 5.76 Å². The normalized spacial score (nSPS) is 10.3. The first-order chi connectivity index (χ1) is 8.58. The maximum Gasteiger partial charge on any atom is 0.337 e. The van der Waals surface area contributed by atoms with Gasteiger partial charge in [0.15, 0.2) is 4.67 Å². The van der Waals surface area contributed by atoms with Gasteiger partial charge < -0.3 is 14.8 Å². The van der Waals surface area contributed by atoms with Crippen LogP contribution in [0.25, 0.3) is 0 Å². The molecular formula is C12H9Br2NO3. The maximum atomic E-state index is 11.0. The van der Waals surface area contributed by atoms with Crippen LogP contribution in [-0.4, -0.2) is 11.1 Å². The molecule has 0 aliphatic carbocycles. The predicted octanol–water partition coefficient (Wildman–Crippen LogP) is 4.11. The number of furan rings is 1. The zero-order valence-electron chi connectivity index (χ0n) is 9.11. The van der Waals surface area contributed by atoms with Gasteiger partial charge in [0, 0.05) is 5.69 Å². The first-order valence-electron chi connectivity index (χ1n) is 5.08. The molecule has 0 bridgehead atoms. The second-order valence-corrected chi connectivity index (χ2v) is 5.11. The number of anilines is 1. The molecule has 0 saturated heterocycles. The Bertz CT molecular complexity index is 561. The fourth-order valence-corrected chi connectivity index (χ4v) is 2.14. The van der Waals surface area contributed by atoms with Crippen molar-refractivity contribution in [3.8, 4) is 0 Å². The smallest absolute Gasteiger partial charge is 0.337 e. The first-order valence-corrected chi connectivity index (χ1v) is 6.66. The minimum absolute atomic E-state index is 0.238. The largest absolute Gasteiger partial charge is 0.478 e. The lowest BCUT2D eigenvalue weighted by Crippen LogP contribution is -2.05. The molecule has 4 nitrogen and oxygen atoms in total. The molecule has 0 fully saturated rings. The fraction of sp³-hybridized carbons (Fsp3) is 0.0833. The summed E-state index contributed by atoms with van der Waals surface area (Å²) in [5, 5.41) is 12.1. The number of rotatable bonds is 4. The molecule has 2 N–H and O–H groups in total. The van der Waals surface area contributed by atoms with Crippen molar-refractivity contribution in [3.05, 3.63) is 50.8 Å². The third-order valence-electron chi connectivity index (χ3n) is 2.31. The Labute approximate surface area is 120 Å². The van der Waals surface area contributed by atoms with Crippen LogP contribution in [0.1, 0.15) is 16.1 Å². The minimum Gasteiger partial charge on any atom is -0.478 e. The Kier molecular flexibility index (Phi) is 4.08. The predicted molar refractivity (Wildman–Crippen MR) is 74.8 cm³/mol. The third-order valence-corrected chi connectivity index (χ3v) is 4.02. The molecule has 0 aliphatic heterocycles. The van der Waals surface area contributed by atoms with Crippen LogP contribution in [0.2, 0.25) is 0 Å². The van der Waals surface area contributed by atoms with Gasteiger partial charge in [-0.3, -0.25) is 0 Å². The number of para-hydroxylation sites is 1. The highest BCUT2D eigenvalue weighted by atomic mass is 79.9. The number of nitrogens with one attached hydrogen (secondary N) is 1. The van der Waals surface area contributed by atoms with Gasteiger partial charge in [-0.25, -0.2) is 4.79 Å². The van der Waals surface area contributed by atoms with E-state index < -0.39 is 5.97 Å². The van der Waals surface area contributed by atoms with Crippen molar-refractivity contribution in [2.75, 3.05) is 5.32 Å². The van der Waals surface area contributed by atoms with Crippen molar-refractivity contribution in [2.45, 2.75) is 6.54 Å². The van der Waals surface area contributed by atoms with E-state index in [-0.39, 0.29) is 5.56 Å². The average molecular weight is 375 g/mol. The van der Waals surface area contributed by atoms with E-state index in [0.29, 0.717) is 22.7 Å². The van der Waals surface area contributed by atoms with Crippen LogP contribution in [0.15, 0.2) is 43.9 Å². The van der Waals surface area contributed by atoms with Gasteiger partial charge in [0.25, 0.3) is 0 Å². The standard InChI is InChI=1S/C12H9Br2NO3/c13-9-5-7(18-11(9)14)6-15-10-4-2-1-3-8(10)12(16)17/h1-5,15H,6H2,(H,16,17). The molecule has 0 atom stereocenters. The van der Waals surface area contributed by atoms with E-state index in [1.165, 1.54) is 0 Å². The first kappa shape index (κ1) is 13.2. The van der Waals surface area contributed by atoms with Crippen LogP contribution >= 0.6 is 31.9 Å². The SMILES string of the molecule is O=C(O)c1ccccc1NCc1cc(Br)c(Br)o1. The van der Waals surface area contributed by atoms with E-state index in [1.807, 2.05) is 6.07 Å². The molecule has 0 unspecified atom stereocenters. The Morgan fingerprint density at radius 2 is 2.06 bits per heavy atom. The fourth-order valence-electron chi connectivity index (χ4n) is 1.48. The summed E-state index contributed by atoms with van der Waals surface area (Å²) < 4.78 is 6.84. The van der Waals surface area contributed by atoms with Crippen molar-refractivity contribution in [2.24, 2.45) is 0 Å².